The molecule has 0 aromatic carbocycles. The van der Waals surface area contributed by atoms with Crippen LogP contribution in [0.5, 0.6) is 0 Å². The fraction of sp³-hybridized carbons (Fsp3) is 0.562. The lowest BCUT2D eigenvalue weighted by molar-refractivity contribution is -0.151. The highest BCUT2D eigenvalue weighted by atomic mass is 16.6. The van der Waals surface area contributed by atoms with E-state index in [1.54, 1.807) is 0 Å². The third-order valence-electron chi connectivity index (χ3n) is 4.22. The number of hydrogen-bond donors (Lipinski definition) is 3. The second-order valence-corrected chi connectivity index (χ2v) is 5.73. The maximum atomic E-state index is 12.2. The van der Waals surface area contributed by atoms with Gasteiger partial charge in [-0.05, 0) is 12.0 Å². The molecule has 0 saturated heterocycles. The van der Waals surface area contributed by atoms with Gasteiger partial charge in [0.2, 0.25) is 0 Å². The number of ketones is 1. The van der Waals surface area contributed by atoms with E-state index >= 15 is 0 Å². The van der Waals surface area contributed by atoms with E-state index in [2.05, 4.69) is 4.74 Å². The highest BCUT2D eigenvalue weighted by Gasteiger charge is 2.43. The van der Waals surface area contributed by atoms with Crippen molar-refractivity contribution >= 4 is 17.7 Å². The lowest BCUT2D eigenvalue weighted by Crippen LogP contribution is -2.34. The minimum Gasteiger partial charge on any atom is -0.392 e. The summed E-state index contributed by atoms with van der Waals surface area (Å²) in [6, 6.07) is 0. The van der Waals surface area contributed by atoms with E-state index in [4.69, 9.17) is 5.11 Å². The van der Waals surface area contributed by atoms with E-state index in [0.29, 0.717) is 12.8 Å². The maximum Gasteiger partial charge on any atom is 0.342 e. The molecule has 0 aromatic rings. The minimum absolute atomic E-state index is 0.00985. The van der Waals surface area contributed by atoms with Crippen LogP contribution in [-0.4, -0.2) is 51.9 Å². The van der Waals surface area contributed by atoms with Crippen molar-refractivity contribution < 1.29 is 34.4 Å². The Kier molecular flexibility index (Phi) is 5.46. The Morgan fingerprint density at radius 1 is 1.22 bits per heavy atom. The summed E-state index contributed by atoms with van der Waals surface area (Å²) < 4.78 is 4.64. The Hall–Kier alpha value is -1.83. The summed E-state index contributed by atoms with van der Waals surface area (Å²) in [6.45, 7) is 1.45. The summed E-state index contributed by atoms with van der Waals surface area (Å²) in [4.78, 5) is 36.2. The summed E-state index contributed by atoms with van der Waals surface area (Å²) >= 11 is 0. The minimum atomic E-state index is -1.48. The monoisotopic (exact) mass is 324 g/mol. The number of hydrogen-bond acceptors (Lipinski definition) is 7. The molecule has 7 heteroatoms. The van der Waals surface area contributed by atoms with Crippen LogP contribution in [0.2, 0.25) is 0 Å². The molecular formula is C16H20O7. The van der Waals surface area contributed by atoms with Gasteiger partial charge in [-0.3, -0.25) is 4.79 Å². The van der Waals surface area contributed by atoms with Crippen LogP contribution in [0.1, 0.15) is 32.6 Å². The first-order valence-electron chi connectivity index (χ1n) is 7.58. The van der Waals surface area contributed by atoms with Crippen molar-refractivity contribution in [1.29, 1.82) is 0 Å². The number of carbonyl (C=O) groups excluding carboxylic acids is 3. The van der Waals surface area contributed by atoms with Gasteiger partial charge in [-0.15, -0.1) is 0 Å². The van der Waals surface area contributed by atoms with Crippen molar-refractivity contribution in [3.63, 3.8) is 0 Å². The molecule has 1 heterocycles. The summed E-state index contributed by atoms with van der Waals surface area (Å²) in [5, 5.41) is 29.5. The van der Waals surface area contributed by atoms with Crippen molar-refractivity contribution in [3.8, 4) is 0 Å². The van der Waals surface area contributed by atoms with Crippen LogP contribution >= 0.6 is 0 Å². The Morgan fingerprint density at radius 2 is 1.91 bits per heavy atom. The average molecular weight is 324 g/mol. The smallest absolute Gasteiger partial charge is 0.342 e. The molecule has 0 unspecified atom stereocenters. The highest BCUT2D eigenvalue weighted by molar-refractivity contribution is 6.13. The Labute approximate surface area is 133 Å². The summed E-state index contributed by atoms with van der Waals surface area (Å²) in [6.07, 6.45) is -0.925. The molecule has 0 spiro atoms. The van der Waals surface area contributed by atoms with Gasteiger partial charge in [-0.25, -0.2) is 9.59 Å². The molecule has 0 amide bonds. The molecule has 0 bridgehead atoms. The number of rotatable bonds is 3. The van der Waals surface area contributed by atoms with Crippen LogP contribution in [0.4, 0.5) is 0 Å². The molecule has 1 aliphatic heterocycles. The standard InChI is InChI=1S/C16H20O7/c1-2-3-9-13-10(15(21)23-16(13)22)6-8(4-5-17)11(18)7-12(19)14(9)20/h4,9,11,14,17-18,20H,2-3,5-7H2,1H3/b8-4-/t9-,11-,14-/m0/s1. The summed E-state index contributed by atoms with van der Waals surface area (Å²) in [7, 11) is 0. The molecule has 23 heavy (non-hydrogen) atoms. The lowest BCUT2D eigenvalue weighted by Gasteiger charge is -2.21. The first-order chi connectivity index (χ1) is 10.9. The Morgan fingerprint density at radius 3 is 2.52 bits per heavy atom. The normalized spacial score (nSPS) is 30.9. The first-order valence-corrected chi connectivity index (χ1v) is 7.58. The van der Waals surface area contributed by atoms with Crippen molar-refractivity contribution in [2.45, 2.75) is 44.8 Å². The number of Topliss-reactive ketones (excluding diaryl/α,β-unsaturated/α-hetero) is 1. The van der Waals surface area contributed by atoms with Crippen LogP contribution < -0.4 is 0 Å². The second kappa shape index (κ2) is 7.16. The van der Waals surface area contributed by atoms with Gasteiger partial charge < -0.3 is 20.1 Å². The Bertz CT molecular complexity index is 587. The number of aliphatic hydroxyl groups is 3. The molecular weight excluding hydrogens is 304 g/mol. The fourth-order valence-electron chi connectivity index (χ4n) is 3.06. The zero-order valence-corrected chi connectivity index (χ0v) is 12.8. The fourth-order valence-corrected chi connectivity index (χ4v) is 3.06. The maximum absolute atomic E-state index is 12.2. The number of carbonyl (C=O) groups is 3. The van der Waals surface area contributed by atoms with Gasteiger partial charge in [-0.2, -0.15) is 0 Å². The quantitative estimate of drug-likeness (QED) is 0.373. The van der Waals surface area contributed by atoms with Crippen LogP contribution in [0, 0.1) is 5.92 Å². The van der Waals surface area contributed by atoms with E-state index in [1.807, 2.05) is 6.92 Å². The molecule has 0 radical (unpaired) electrons. The highest BCUT2D eigenvalue weighted by Crippen LogP contribution is 2.36. The van der Waals surface area contributed by atoms with E-state index in [-0.39, 0.29) is 36.2 Å². The zero-order chi connectivity index (χ0) is 17.1. The molecule has 0 fully saturated rings. The molecule has 3 atom stereocenters. The topological polar surface area (TPSA) is 121 Å². The van der Waals surface area contributed by atoms with E-state index in [0.717, 1.165) is 0 Å². The molecule has 2 aliphatic rings. The van der Waals surface area contributed by atoms with E-state index < -0.39 is 35.8 Å². The molecule has 3 N–H and O–H groups in total. The lowest BCUT2D eigenvalue weighted by atomic mass is 9.84. The van der Waals surface area contributed by atoms with Crippen LogP contribution in [0.3, 0.4) is 0 Å². The number of ether oxygens (including phenoxy) is 1. The van der Waals surface area contributed by atoms with Gasteiger partial charge in [0, 0.05) is 18.8 Å². The van der Waals surface area contributed by atoms with Crippen molar-refractivity contribution in [2.24, 2.45) is 5.92 Å². The van der Waals surface area contributed by atoms with Gasteiger partial charge in [0.1, 0.15) is 6.10 Å². The van der Waals surface area contributed by atoms with Gasteiger partial charge in [-0.1, -0.05) is 19.4 Å². The van der Waals surface area contributed by atoms with Gasteiger partial charge in [0.25, 0.3) is 0 Å². The van der Waals surface area contributed by atoms with E-state index in [9.17, 15) is 24.6 Å². The van der Waals surface area contributed by atoms with Gasteiger partial charge >= 0.3 is 11.9 Å². The molecule has 1 aliphatic carbocycles. The van der Waals surface area contributed by atoms with Crippen LogP contribution in [-0.2, 0) is 19.1 Å². The van der Waals surface area contributed by atoms with Crippen LogP contribution in [0.25, 0.3) is 0 Å². The van der Waals surface area contributed by atoms with Crippen molar-refractivity contribution in [2.75, 3.05) is 6.61 Å². The van der Waals surface area contributed by atoms with Crippen LogP contribution in [0.15, 0.2) is 22.8 Å². The third-order valence-corrected chi connectivity index (χ3v) is 4.22. The predicted molar refractivity (Wildman–Crippen MR) is 77.9 cm³/mol. The first kappa shape index (κ1) is 17.5. The zero-order valence-electron chi connectivity index (χ0n) is 12.8. The van der Waals surface area contributed by atoms with Gasteiger partial charge in [0.05, 0.1) is 23.9 Å². The molecule has 2 rings (SSSR count). The molecule has 0 aromatic heterocycles. The number of aliphatic hydroxyl groups excluding tert-OH is 3. The average Bonchev–Trinajstić information content (AvgIpc) is 2.78. The number of esters is 2. The molecule has 126 valence electrons. The number of cyclic esters (lactones) is 2. The molecule has 7 nitrogen and oxygen atoms in total. The largest absolute Gasteiger partial charge is 0.392 e. The van der Waals surface area contributed by atoms with Crippen molar-refractivity contribution in [3.05, 3.63) is 22.8 Å². The predicted octanol–water partition coefficient (Wildman–Crippen LogP) is -0.214. The SMILES string of the molecule is CCC[C@H]1C2=C(C/C(=C/CO)[C@@H](O)CC(=O)[C@H]1O)C(=O)OC2=O. The Balaban J connectivity index is 2.57. The van der Waals surface area contributed by atoms with Crippen molar-refractivity contribution in [1.82, 2.24) is 0 Å². The third kappa shape index (κ3) is 3.41. The second-order valence-electron chi connectivity index (χ2n) is 5.73. The van der Waals surface area contributed by atoms with Gasteiger partial charge in [0.15, 0.2) is 5.78 Å². The van der Waals surface area contributed by atoms with E-state index in [1.165, 1.54) is 6.08 Å². The summed E-state index contributed by atoms with van der Waals surface area (Å²) in [5.74, 6) is -3.12. The summed E-state index contributed by atoms with van der Waals surface area (Å²) in [5.41, 5.74) is 0.306. The molecule has 0 saturated carbocycles.